The van der Waals surface area contributed by atoms with Crippen molar-refractivity contribution in [1.82, 2.24) is 24.7 Å². The molecule has 0 radical (unpaired) electrons. The molecule has 0 unspecified atom stereocenters. The minimum atomic E-state index is -0.996. The van der Waals surface area contributed by atoms with Gasteiger partial charge in [0.15, 0.2) is 11.0 Å². The van der Waals surface area contributed by atoms with Gasteiger partial charge in [0.25, 0.3) is 0 Å². The third-order valence-corrected chi connectivity index (χ3v) is 5.99. The topological polar surface area (TPSA) is 56.5 Å². The highest BCUT2D eigenvalue weighted by molar-refractivity contribution is 7.99. The summed E-state index contributed by atoms with van der Waals surface area (Å²) in [4.78, 5) is 8.40. The third-order valence-electron chi connectivity index (χ3n) is 2.91. The van der Waals surface area contributed by atoms with Crippen LogP contribution in [0.15, 0.2) is 23.7 Å². The van der Waals surface area contributed by atoms with Crippen LogP contribution >= 0.6 is 11.8 Å². The van der Waals surface area contributed by atoms with E-state index in [1.54, 1.807) is 30.4 Å². The second-order valence-corrected chi connectivity index (χ2v) is 12.5. The van der Waals surface area contributed by atoms with Crippen LogP contribution in [-0.2, 0) is 6.54 Å². The second kappa shape index (κ2) is 6.49. The fraction of sp³-hybridized carbons (Fsp3) is 0.538. The first-order valence-corrected chi connectivity index (χ1v) is 11.5. The number of aromatic nitrogens is 5. The Morgan fingerprint density at radius 1 is 1.20 bits per heavy atom. The van der Waals surface area contributed by atoms with E-state index in [1.807, 2.05) is 0 Å². The Hall–Kier alpha value is -1.21. The number of hydrogen-bond donors (Lipinski definition) is 0. The van der Waals surface area contributed by atoms with Crippen LogP contribution in [0, 0.1) is 0 Å². The molecule has 0 aliphatic rings. The van der Waals surface area contributed by atoms with Crippen LogP contribution in [0.3, 0.4) is 0 Å². The molecule has 2 aromatic heterocycles. The van der Waals surface area contributed by atoms with Crippen LogP contribution < -0.4 is 0 Å². The van der Waals surface area contributed by atoms with Crippen LogP contribution in [0.2, 0.25) is 25.7 Å². The highest BCUT2D eigenvalue weighted by Gasteiger charge is 2.16. The molecule has 0 aromatic carbocycles. The Kier molecular flexibility index (Phi) is 4.93. The summed E-state index contributed by atoms with van der Waals surface area (Å²) in [6.45, 7) is 10.1. The van der Waals surface area contributed by atoms with Gasteiger partial charge in [-0.1, -0.05) is 31.4 Å². The molecule has 0 atom stereocenters. The lowest BCUT2D eigenvalue weighted by Gasteiger charge is -2.14. The average Bonchev–Trinajstić information content (AvgIpc) is 2.81. The summed E-state index contributed by atoms with van der Waals surface area (Å²) in [7, 11) is -0.996. The Bertz CT molecular complexity index is 550. The smallest absolute Gasteiger partial charge is 0.191 e. The molecule has 0 amide bonds. The number of hydrogen-bond acceptors (Lipinski definition) is 5. The molecule has 20 heavy (non-hydrogen) atoms. The molecule has 0 aliphatic heterocycles. The molecule has 0 N–H and O–H groups in total. The Morgan fingerprint density at radius 3 is 2.60 bits per heavy atom. The van der Waals surface area contributed by atoms with Crippen LogP contribution in [0.4, 0.5) is 0 Å². The molecule has 0 saturated heterocycles. The predicted octanol–water partition coefficient (Wildman–Crippen LogP) is 3.19. The molecule has 0 bridgehead atoms. The van der Waals surface area contributed by atoms with Gasteiger partial charge >= 0.3 is 0 Å². The highest BCUT2D eigenvalue weighted by Crippen LogP contribution is 2.24. The van der Waals surface area contributed by atoms with E-state index in [2.05, 4.69) is 51.3 Å². The first-order chi connectivity index (χ1) is 9.51. The van der Waals surface area contributed by atoms with E-state index in [9.17, 15) is 0 Å². The van der Waals surface area contributed by atoms with Crippen molar-refractivity contribution in [2.24, 2.45) is 0 Å². The van der Waals surface area contributed by atoms with Crippen LogP contribution in [0.5, 0.6) is 0 Å². The molecule has 0 saturated carbocycles. The maximum absolute atomic E-state index is 4.31. The van der Waals surface area contributed by atoms with Gasteiger partial charge in [-0.15, -0.1) is 10.2 Å². The number of rotatable bonds is 6. The van der Waals surface area contributed by atoms with Gasteiger partial charge in [-0.05, 0) is 18.7 Å². The molecule has 5 nitrogen and oxygen atoms in total. The maximum Gasteiger partial charge on any atom is 0.191 e. The van der Waals surface area contributed by atoms with Gasteiger partial charge in [0.1, 0.15) is 5.69 Å². The summed E-state index contributed by atoms with van der Waals surface area (Å²) in [5, 5.41) is 9.56. The molecule has 0 spiro atoms. The standard InChI is InChI=1S/C13H21N5SSi/c1-5-18-12(11-10-14-6-7-15-11)16-17-13(18)19-8-9-20(2,3)4/h6-7,10H,5,8-9H2,1-4H3. The molecule has 2 aromatic rings. The maximum atomic E-state index is 4.31. The fourth-order valence-corrected chi connectivity index (χ4v) is 5.24. The van der Waals surface area contributed by atoms with Crippen LogP contribution in [-0.4, -0.2) is 38.6 Å². The van der Waals surface area contributed by atoms with Crippen molar-refractivity contribution in [3.8, 4) is 11.5 Å². The summed E-state index contributed by atoms with van der Waals surface area (Å²) < 4.78 is 2.11. The summed E-state index contributed by atoms with van der Waals surface area (Å²) in [6, 6.07) is 1.29. The van der Waals surface area contributed by atoms with Crippen molar-refractivity contribution in [3.05, 3.63) is 18.6 Å². The van der Waals surface area contributed by atoms with Crippen molar-refractivity contribution < 1.29 is 0 Å². The zero-order chi connectivity index (χ0) is 14.6. The molecule has 7 heteroatoms. The molecule has 2 heterocycles. The third kappa shape index (κ3) is 3.89. The average molecular weight is 307 g/mol. The minimum absolute atomic E-state index is 0.777. The zero-order valence-corrected chi connectivity index (χ0v) is 14.3. The second-order valence-electron chi connectivity index (χ2n) is 5.80. The Morgan fingerprint density at radius 2 is 2.00 bits per heavy atom. The Balaban J connectivity index is 2.14. The monoisotopic (exact) mass is 307 g/mol. The van der Waals surface area contributed by atoms with Crippen LogP contribution in [0.25, 0.3) is 11.5 Å². The van der Waals surface area contributed by atoms with Gasteiger partial charge in [-0.3, -0.25) is 4.98 Å². The normalized spacial score (nSPS) is 11.8. The van der Waals surface area contributed by atoms with Gasteiger partial charge in [0.05, 0.1) is 6.20 Å². The van der Waals surface area contributed by atoms with Crippen LogP contribution in [0.1, 0.15) is 6.92 Å². The van der Waals surface area contributed by atoms with E-state index in [4.69, 9.17) is 0 Å². The highest BCUT2D eigenvalue weighted by atomic mass is 32.2. The molecular formula is C13H21N5SSi. The van der Waals surface area contributed by atoms with Crippen molar-refractivity contribution in [1.29, 1.82) is 0 Å². The van der Waals surface area contributed by atoms with Crippen molar-refractivity contribution in [2.75, 3.05) is 5.75 Å². The summed E-state index contributed by atoms with van der Waals surface area (Å²) in [6.07, 6.45) is 5.08. The van der Waals surface area contributed by atoms with E-state index in [0.717, 1.165) is 29.0 Å². The lowest BCUT2D eigenvalue weighted by molar-refractivity contribution is 0.686. The van der Waals surface area contributed by atoms with E-state index in [0.29, 0.717) is 0 Å². The molecule has 0 aliphatic carbocycles. The van der Waals surface area contributed by atoms with E-state index in [-0.39, 0.29) is 0 Å². The van der Waals surface area contributed by atoms with Gasteiger partial charge in [0, 0.05) is 27.0 Å². The minimum Gasteiger partial charge on any atom is -0.301 e. The fourth-order valence-electron chi connectivity index (χ4n) is 1.73. The van der Waals surface area contributed by atoms with Crippen molar-refractivity contribution >= 4 is 19.8 Å². The zero-order valence-electron chi connectivity index (χ0n) is 12.5. The quantitative estimate of drug-likeness (QED) is 0.606. The molecule has 0 fully saturated rings. The first-order valence-electron chi connectivity index (χ1n) is 6.83. The predicted molar refractivity (Wildman–Crippen MR) is 85.6 cm³/mol. The molecular weight excluding hydrogens is 286 g/mol. The number of nitrogens with zero attached hydrogens (tertiary/aromatic N) is 5. The van der Waals surface area contributed by atoms with Gasteiger partial charge < -0.3 is 4.57 Å². The SMILES string of the molecule is CCn1c(SCC[Si](C)(C)C)nnc1-c1cnccn1. The van der Waals surface area contributed by atoms with Gasteiger partial charge in [0.2, 0.25) is 0 Å². The van der Waals surface area contributed by atoms with E-state index in [1.165, 1.54) is 6.04 Å². The van der Waals surface area contributed by atoms with Crippen molar-refractivity contribution in [3.63, 3.8) is 0 Å². The van der Waals surface area contributed by atoms with Crippen molar-refractivity contribution in [2.45, 2.75) is 44.3 Å². The van der Waals surface area contributed by atoms with E-state index >= 15 is 0 Å². The summed E-state index contributed by atoms with van der Waals surface area (Å²) >= 11 is 1.79. The first kappa shape index (κ1) is 15.2. The lowest BCUT2D eigenvalue weighted by Crippen LogP contribution is -2.20. The molecule has 108 valence electrons. The summed E-state index contributed by atoms with van der Waals surface area (Å²) in [5.41, 5.74) is 0.777. The largest absolute Gasteiger partial charge is 0.301 e. The summed E-state index contributed by atoms with van der Waals surface area (Å²) in [5.74, 6) is 1.91. The lowest BCUT2D eigenvalue weighted by atomic mass is 10.4. The number of thioether (sulfide) groups is 1. The molecule has 2 rings (SSSR count). The Labute approximate surface area is 125 Å². The van der Waals surface area contributed by atoms with E-state index < -0.39 is 8.07 Å². The van der Waals surface area contributed by atoms with Gasteiger partial charge in [-0.25, -0.2) is 4.98 Å². The van der Waals surface area contributed by atoms with Gasteiger partial charge in [-0.2, -0.15) is 0 Å².